The Labute approximate surface area is 168 Å². The van der Waals surface area contributed by atoms with Crippen molar-refractivity contribution in [3.63, 3.8) is 0 Å². The van der Waals surface area contributed by atoms with Crippen LogP contribution in [0.15, 0.2) is 60.9 Å². The van der Waals surface area contributed by atoms with Crippen LogP contribution in [0.5, 0.6) is 5.88 Å². The SMILES string of the molecule is CCCCCCc1ccc(-c2cnc(OCc3ccc(CC)cc3)cn2)cc1. The topological polar surface area (TPSA) is 35.0 Å². The van der Waals surface area contributed by atoms with Crippen molar-refractivity contribution in [2.75, 3.05) is 0 Å². The van der Waals surface area contributed by atoms with Crippen LogP contribution >= 0.6 is 0 Å². The lowest BCUT2D eigenvalue weighted by Gasteiger charge is -2.07. The van der Waals surface area contributed by atoms with Gasteiger partial charge in [0, 0.05) is 5.56 Å². The van der Waals surface area contributed by atoms with E-state index in [9.17, 15) is 0 Å². The van der Waals surface area contributed by atoms with Gasteiger partial charge in [-0.2, -0.15) is 0 Å². The molecule has 3 heteroatoms. The molecule has 0 aliphatic heterocycles. The molecule has 146 valence electrons. The smallest absolute Gasteiger partial charge is 0.232 e. The number of unbranched alkanes of at least 4 members (excludes halogenated alkanes) is 3. The first-order chi connectivity index (χ1) is 13.8. The highest BCUT2D eigenvalue weighted by Crippen LogP contribution is 2.19. The Morgan fingerprint density at radius 3 is 2.07 bits per heavy atom. The largest absolute Gasteiger partial charge is 0.472 e. The maximum absolute atomic E-state index is 5.77. The van der Waals surface area contributed by atoms with E-state index in [-0.39, 0.29) is 0 Å². The van der Waals surface area contributed by atoms with Gasteiger partial charge in [0.2, 0.25) is 5.88 Å². The van der Waals surface area contributed by atoms with Crippen LogP contribution in [0.3, 0.4) is 0 Å². The fourth-order valence-electron chi connectivity index (χ4n) is 3.17. The monoisotopic (exact) mass is 374 g/mol. The number of nitrogens with zero attached hydrogens (tertiary/aromatic N) is 2. The lowest BCUT2D eigenvalue weighted by molar-refractivity contribution is 0.292. The summed E-state index contributed by atoms with van der Waals surface area (Å²) in [5, 5.41) is 0. The van der Waals surface area contributed by atoms with E-state index in [1.165, 1.54) is 36.8 Å². The molecule has 0 unspecified atom stereocenters. The minimum Gasteiger partial charge on any atom is -0.472 e. The maximum atomic E-state index is 5.77. The summed E-state index contributed by atoms with van der Waals surface area (Å²) < 4.78 is 5.77. The molecule has 1 heterocycles. The van der Waals surface area contributed by atoms with Crippen LogP contribution in [-0.2, 0) is 19.4 Å². The van der Waals surface area contributed by atoms with Gasteiger partial charge < -0.3 is 4.74 Å². The van der Waals surface area contributed by atoms with Crippen molar-refractivity contribution in [2.45, 2.75) is 59.0 Å². The van der Waals surface area contributed by atoms with Gasteiger partial charge in [0.15, 0.2) is 0 Å². The number of hydrogen-bond donors (Lipinski definition) is 0. The van der Waals surface area contributed by atoms with Crippen LogP contribution in [0, 0.1) is 0 Å². The van der Waals surface area contributed by atoms with E-state index in [1.807, 2.05) is 0 Å². The molecule has 0 spiro atoms. The summed E-state index contributed by atoms with van der Waals surface area (Å²) in [5.74, 6) is 0.552. The van der Waals surface area contributed by atoms with Gasteiger partial charge in [-0.25, -0.2) is 9.97 Å². The lowest BCUT2D eigenvalue weighted by atomic mass is 10.0. The Morgan fingerprint density at radius 1 is 0.714 bits per heavy atom. The maximum Gasteiger partial charge on any atom is 0.232 e. The van der Waals surface area contributed by atoms with E-state index in [1.54, 1.807) is 12.4 Å². The molecule has 0 aliphatic carbocycles. The zero-order valence-electron chi connectivity index (χ0n) is 17.0. The molecule has 2 aromatic carbocycles. The summed E-state index contributed by atoms with van der Waals surface area (Å²) in [6, 6.07) is 17.2. The first-order valence-electron chi connectivity index (χ1n) is 10.4. The van der Waals surface area contributed by atoms with Crippen LogP contribution < -0.4 is 4.74 Å². The molecule has 0 bridgehead atoms. The van der Waals surface area contributed by atoms with Gasteiger partial charge in [-0.15, -0.1) is 0 Å². The minimum absolute atomic E-state index is 0.505. The average molecular weight is 375 g/mol. The fourth-order valence-corrected chi connectivity index (χ4v) is 3.17. The van der Waals surface area contributed by atoms with Crippen molar-refractivity contribution < 1.29 is 4.74 Å². The van der Waals surface area contributed by atoms with Crippen LogP contribution in [0.4, 0.5) is 0 Å². The Balaban J connectivity index is 1.53. The van der Waals surface area contributed by atoms with Crippen LogP contribution in [0.25, 0.3) is 11.3 Å². The lowest BCUT2D eigenvalue weighted by Crippen LogP contribution is -1.98. The second-order valence-corrected chi connectivity index (χ2v) is 7.21. The average Bonchev–Trinajstić information content (AvgIpc) is 2.76. The summed E-state index contributed by atoms with van der Waals surface area (Å²) in [4.78, 5) is 8.93. The summed E-state index contributed by atoms with van der Waals surface area (Å²) in [6.45, 7) is 4.91. The molecule has 0 saturated heterocycles. The molecule has 0 amide bonds. The van der Waals surface area contributed by atoms with Gasteiger partial charge in [0.1, 0.15) is 6.61 Å². The molecule has 3 rings (SSSR count). The molecule has 28 heavy (non-hydrogen) atoms. The molecule has 3 aromatic rings. The normalized spacial score (nSPS) is 10.8. The molecule has 0 fully saturated rings. The number of aromatic nitrogens is 2. The van der Waals surface area contributed by atoms with Crippen molar-refractivity contribution in [3.05, 3.63) is 77.6 Å². The molecule has 1 aromatic heterocycles. The van der Waals surface area contributed by atoms with Crippen molar-refractivity contribution in [1.82, 2.24) is 9.97 Å². The molecule has 0 N–H and O–H groups in total. The van der Waals surface area contributed by atoms with E-state index >= 15 is 0 Å². The number of benzene rings is 2. The second-order valence-electron chi connectivity index (χ2n) is 7.21. The van der Waals surface area contributed by atoms with Crippen molar-refractivity contribution in [3.8, 4) is 17.1 Å². The quantitative estimate of drug-likeness (QED) is 0.385. The number of ether oxygens (including phenoxy) is 1. The highest BCUT2D eigenvalue weighted by molar-refractivity contribution is 5.58. The third-order valence-corrected chi connectivity index (χ3v) is 5.01. The predicted octanol–water partition coefficient (Wildman–Crippen LogP) is 6.41. The number of rotatable bonds is 10. The zero-order chi connectivity index (χ0) is 19.6. The highest BCUT2D eigenvalue weighted by Gasteiger charge is 2.03. The Hall–Kier alpha value is -2.68. The Bertz CT molecular complexity index is 824. The summed E-state index contributed by atoms with van der Waals surface area (Å²) in [7, 11) is 0. The fraction of sp³-hybridized carbons (Fsp3) is 0.360. The summed E-state index contributed by atoms with van der Waals surface area (Å²) in [6.07, 6.45) is 10.9. The van der Waals surface area contributed by atoms with Gasteiger partial charge in [0.05, 0.1) is 18.1 Å². The van der Waals surface area contributed by atoms with Crippen molar-refractivity contribution in [1.29, 1.82) is 0 Å². The molecule has 3 nitrogen and oxygen atoms in total. The summed E-state index contributed by atoms with van der Waals surface area (Å²) >= 11 is 0. The molecule has 0 aliphatic rings. The number of hydrogen-bond acceptors (Lipinski definition) is 3. The van der Waals surface area contributed by atoms with Crippen LogP contribution in [0.2, 0.25) is 0 Å². The van der Waals surface area contributed by atoms with Crippen molar-refractivity contribution in [2.24, 2.45) is 0 Å². The standard InChI is InChI=1S/C25H30N2O/c1-3-5-6-7-8-21-13-15-23(16-14-21)24-17-27-25(18-26-24)28-19-22-11-9-20(4-2)10-12-22/h9-18H,3-8,19H2,1-2H3. The van der Waals surface area contributed by atoms with E-state index in [2.05, 4.69) is 72.3 Å². The summed E-state index contributed by atoms with van der Waals surface area (Å²) in [5.41, 5.74) is 5.82. The first kappa shape index (κ1) is 20.1. The third-order valence-electron chi connectivity index (χ3n) is 5.01. The predicted molar refractivity (Wildman–Crippen MR) is 115 cm³/mol. The van der Waals surface area contributed by atoms with Crippen LogP contribution in [-0.4, -0.2) is 9.97 Å². The Morgan fingerprint density at radius 2 is 1.43 bits per heavy atom. The Kier molecular flexibility index (Phi) is 7.60. The first-order valence-corrected chi connectivity index (χ1v) is 10.4. The molecule has 0 atom stereocenters. The molecule has 0 radical (unpaired) electrons. The highest BCUT2D eigenvalue weighted by atomic mass is 16.5. The second kappa shape index (κ2) is 10.6. The van der Waals surface area contributed by atoms with Gasteiger partial charge >= 0.3 is 0 Å². The third kappa shape index (κ3) is 5.91. The minimum atomic E-state index is 0.505. The van der Waals surface area contributed by atoms with Gasteiger partial charge in [-0.1, -0.05) is 81.6 Å². The van der Waals surface area contributed by atoms with Crippen molar-refractivity contribution >= 4 is 0 Å². The van der Waals surface area contributed by atoms with E-state index in [0.29, 0.717) is 12.5 Å². The van der Waals surface area contributed by atoms with Gasteiger partial charge in [-0.3, -0.25) is 0 Å². The zero-order valence-corrected chi connectivity index (χ0v) is 17.0. The van der Waals surface area contributed by atoms with E-state index in [4.69, 9.17) is 4.74 Å². The number of aryl methyl sites for hydroxylation is 2. The molecular formula is C25H30N2O. The van der Waals surface area contributed by atoms with Crippen LogP contribution in [0.1, 0.15) is 56.2 Å². The molecule has 0 saturated carbocycles. The molecular weight excluding hydrogens is 344 g/mol. The van der Waals surface area contributed by atoms with Gasteiger partial charge in [0.25, 0.3) is 0 Å². The van der Waals surface area contributed by atoms with Gasteiger partial charge in [-0.05, 0) is 36.0 Å². The van der Waals surface area contributed by atoms with E-state index in [0.717, 1.165) is 29.7 Å². The van der Waals surface area contributed by atoms with E-state index < -0.39 is 0 Å².